The number of nitrogens with one attached hydrogen (secondary N) is 7. The van der Waals surface area contributed by atoms with E-state index in [9.17, 15) is 41.9 Å². The van der Waals surface area contributed by atoms with Crippen molar-refractivity contribution in [1.29, 1.82) is 0 Å². The molecule has 4 fully saturated rings. The molecular formula is C98H100F5N13O15. The Kier molecular flexibility index (Phi) is 29.4. The summed E-state index contributed by atoms with van der Waals surface area (Å²) in [4.78, 5) is 101. The van der Waals surface area contributed by atoms with Gasteiger partial charge >= 0.3 is 0 Å². The zero-order valence-electron chi connectivity index (χ0n) is 73.6. The number of hydrogen-bond donors (Lipinski definition) is 7. The summed E-state index contributed by atoms with van der Waals surface area (Å²) in [5.41, 5.74) is 0.392. The minimum atomic E-state index is -1.36. The Morgan fingerprint density at radius 2 is 0.885 bits per heavy atom. The Morgan fingerprint density at radius 3 is 1.39 bits per heavy atom. The molecule has 28 nitrogen and oxygen atoms in total. The molecule has 3 aromatic heterocycles. The average Bonchev–Trinajstić information content (AvgIpc) is 1.47. The number of rotatable bonds is 34. The highest BCUT2D eigenvalue weighted by Gasteiger charge is 2.70. The molecule has 682 valence electrons. The summed E-state index contributed by atoms with van der Waals surface area (Å²) in [7, 11) is 6.21. The number of carbonyl (C=O) groups is 6. The monoisotopic (exact) mass is 1790 g/mol. The number of pyridine rings is 2. The summed E-state index contributed by atoms with van der Waals surface area (Å²) < 4.78 is 122. The van der Waals surface area contributed by atoms with Crippen molar-refractivity contribution in [2.45, 2.75) is 66.8 Å². The third kappa shape index (κ3) is 21.5. The zero-order chi connectivity index (χ0) is 92.7. The molecule has 3 aliphatic carbocycles. The van der Waals surface area contributed by atoms with Crippen LogP contribution in [-0.2, 0) is 35.3 Å². The minimum Gasteiger partial charge on any atom is -0.493 e. The maximum atomic E-state index is 15.4. The van der Waals surface area contributed by atoms with Gasteiger partial charge in [0.2, 0.25) is 41.3 Å². The van der Waals surface area contributed by atoms with E-state index in [0.717, 1.165) is 81.9 Å². The van der Waals surface area contributed by atoms with Gasteiger partial charge in [0, 0.05) is 128 Å². The standard InChI is InChI=1S/C35H38F2N4O5.C34H36F2N6O5.C29H26FN3O5/c1-6-41(7-2)16-17-45-32-20-28-26(19-31(32)44-5)29(14-15-38-28)46-30-13-12-25(18-27(30)37)40-34(43)35(21(3)22(35)4)33(42)39-24-10-8-23(36)9-11-24;1-21-19-34(21,32(43)40-23-6-4-22(35)5-7-23)33(44)41-24-8-9-28(26(36)16-24)47-31-25-17-29(45-2)30(18-27(25)38-20-39-31)46-15-3-12-42-13-10-37-11-14-42;1-36-25-15-22-23(16-26(25)37-2)31-14-11-24(22)38-21-9-7-20(8-10-21)33-28(35)29(12-13-29)27(34)32-17-18-3-5-19(30)6-4-18/h8-15,18-22H,6-7,16-17H2,1-5H3,(H,39,42)(H,40,43);4-9,16-18,20-21,37H,3,10-15,19H2,1-2H3,(H,40,43)(H,41,44);3-11,14-16H,12-13,17H2,1-2H3,(H,32,34)(H,33,35)/t21-,22?,35?;21-,34-;/m11./s1. The number of fused-ring (bicyclic) bond motifs is 3. The Morgan fingerprint density at radius 1 is 0.450 bits per heavy atom. The van der Waals surface area contributed by atoms with E-state index >= 15 is 8.78 Å². The van der Waals surface area contributed by atoms with Gasteiger partial charge in [-0.3, -0.25) is 38.7 Å². The molecule has 2 unspecified atom stereocenters. The maximum absolute atomic E-state index is 15.4. The summed E-state index contributed by atoms with van der Waals surface area (Å²) in [5, 5.41) is 21.5. The number of carbonyl (C=O) groups excluding carboxylic acids is 6. The molecule has 7 N–H and O–H groups in total. The van der Waals surface area contributed by atoms with Crippen LogP contribution in [0.5, 0.6) is 69.1 Å². The summed E-state index contributed by atoms with van der Waals surface area (Å²) in [5.74, 6) is -1.69. The molecule has 4 heterocycles. The van der Waals surface area contributed by atoms with Crippen LogP contribution in [0, 0.1) is 63.1 Å². The third-order valence-corrected chi connectivity index (χ3v) is 24.0. The van der Waals surface area contributed by atoms with Crippen molar-refractivity contribution in [3.63, 3.8) is 0 Å². The molecule has 1 saturated heterocycles. The quantitative estimate of drug-likeness (QED) is 0.0112. The molecule has 0 radical (unpaired) electrons. The van der Waals surface area contributed by atoms with E-state index in [4.69, 9.17) is 42.6 Å². The van der Waals surface area contributed by atoms with Crippen molar-refractivity contribution in [2.24, 2.45) is 34.0 Å². The van der Waals surface area contributed by atoms with Gasteiger partial charge in [0.25, 0.3) is 0 Å². The first-order chi connectivity index (χ1) is 63.3. The first-order valence-corrected chi connectivity index (χ1v) is 42.9. The van der Waals surface area contributed by atoms with E-state index in [1.807, 2.05) is 0 Å². The largest absolute Gasteiger partial charge is 0.493 e. The van der Waals surface area contributed by atoms with Crippen LogP contribution in [0.25, 0.3) is 32.7 Å². The average molecular weight is 1790 g/mol. The van der Waals surface area contributed by atoms with Gasteiger partial charge in [0.05, 0.1) is 57.0 Å². The van der Waals surface area contributed by atoms with Gasteiger partial charge in [-0.05, 0) is 202 Å². The number of amides is 6. The van der Waals surface area contributed by atoms with Crippen LogP contribution in [0.15, 0.2) is 201 Å². The van der Waals surface area contributed by atoms with Crippen LogP contribution in [0.4, 0.5) is 50.4 Å². The lowest BCUT2D eigenvalue weighted by atomic mass is 9.99. The van der Waals surface area contributed by atoms with Crippen LogP contribution in [0.3, 0.4) is 0 Å². The molecule has 0 bridgehead atoms. The van der Waals surface area contributed by atoms with E-state index in [1.54, 1.807) is 139 Å². The van der Waals surface area contributed by atoms with Gasteiger partial charge in [0.1, 0.15) is 63.9 Å². The summed E-state index contributed by atoms with van der Waals surface area (Å²) in [6.45, 7) is 18.4. The van der Waals surface area contributed by atoms with Crippen LogP contribution in [-0.4, -0.2) is 159 Å². The van der Waals surface area contributed by atoms with Crippen molar-refractivity contribution < 1.29 is 93.4 Å². The Bertz CT molecular complexity index is 6150. The first-order valence-electron chi connectivity index (χ1n) is 42.9. The third-order valence-electron chi connectivity index (χ3n) is 24.0. The smallest absolute Gasteiger partial charge is 0.240 e. The number of ether oxygens (including phenoxy) is 9. The van der Waals surface area contributed by atoms with E-state index < -0.39 is 63.1 Å². The highest BCUT2D eigenvalue weighted by molar-refractivity contribution is 6.19. The molecule has 12 aromatic rings. The van der Waals surface area contributed by atoms with Gasteiger partial charge in [-0.25, -0.2) is 31.9 Å². The SMILES string of the molecule is CCN(CC)CCOc1cc2nccc(Oc3ccc(NC(=O)C4(C(=O)Nc5ccc(F)cc5)C(C)[C@H]4C)cc3F)c2cc1OC.COc1cc2c(Oc3ccc(NC(=O)[C@]4(C(=O)Nc5ccc(F)cc5)C[C@H]4C)cc3F)ncnc2cc1OCCCN1CCNCC1.COc1cc2nccc(Oc3ccc(NC(=O)C4(C(=O)NCc5ccc(F)cc5)CC4)cc3)c2cc1OC. The Hall–Kier alpha value is -14.3. The summed E-state index contributed by atoms with van der Waals surface area (Å²) in [6, 6.07) is 45.2. The van der Waals surface area contributed by atoms with Crippen molar-refractivity contribution >= 4 is 96.6 Å². The van der Waals surface area contributed by atoms with Gasteiger partial charge in [-0.2, -0.15) is 0 Å². The predicted molar refractivity (Wildman–Crippen MR) is 484 cm³/mol. The molecule has 6 amide bonds. The molecular weight excluding hydrogens is 1690 g/mol. The lowest BCUT2D eigenvalue weighted by Crippen LogP contribution is -2.43. The molecule has 0 spiro atoms. The highest BCUT2D eigenvalue weighted by Crippen LogP contribution is 2.60. The predicted octanol–water partition coefficient (Wildman–Crippen LogP) is 17.1. The number of aromatic nitrogens is 4. The zero-order valence-corrected chi connectivity index (χ0v) is 73.6. The second kappa shape index (κ2) is 41.4. The minimum absolute atomic E-state index is 0.0686. The van der Waals surface area contributed by atoms with Crippen molar-refractivity contribution in [3.05, 3.63) is 235 Å². The molecule has 9 aromatic carbocycles. The van der Waals surface area contributed by atoms with Crippen molar-refractivity contribution in [3.8, 4) is 69.1 Å². The van der Waals surface area contributed by atoms with Crippen LogP contribution in [0.2, 0.25) is 0 Å². The lowest BCUT2D eigenvalue weighted by Gasteiger charge is -2.27. The molecule has 16 rings (SSSR count). The summed E-state index contributed by atoms with van der Waals surface area (Å²) in [6.07, 6.45) is 6.65. The lowest BCUT2D eigenvalue weighted by molar-refractivity contribution is -0.135. The van der Waals surface area contributed by atoms with Crippen molar-refractivity contribution in [2.75, 3.05) is 121 Å². The Labute approximate surface area is 752 Å². The fourth-order valence-electron chi connectivity index (χ4n) is 15.7. The molecule has 5 atom stereocenters. The molecule has 4 aliphatic rings. The molecule has 33 heteroatoms. The molecule has 131 heavy (non-hydrogen) atoms. The number of hydrogen-bond acceptors (Lipinski definition) is 22. The Balaban J connectivity index is 0.000000159. The second-order valence-electron chi connectivity index (χ2n) is 32.1. The normalized spacial score (nSPS) is 17.4. The van der Waals surface area contributed by atoms with Crippen LogP contribution >= 0.6 is 0 Å². The maximum Gasteiger partial charge on any atom is 0.240 e. The number of nitrogens with zero attached hydrogens (tertiary/aromatic N) is 6. The number of anilines is 5. The van der Waals surface area contributed by atoms with E-state index in [2.05, 4.69) is 80.8 Å². The number of likely N-dealkylation sites (N-methyl/N-ethyl adjacent to an activating group) is 1. The van der Waals surface area contributed by atoms with Crippen molar-refractivity contribution in [1.82, 2.24) is 40.4 Å². The van der Waals surface area contributed by atoms with E-state index in [0.29, 0.717) is 129 Å². The highest BCUT2D eigenvalue weighted by atomic mass is 19.1. The summed E-state index contributed by atoms with van der Waals surface area (Å²) >= 11 is 0. The van der Waals surface area contributed by atoms with Gasteiger partial charge < -0.3 is 89.6 Å². The second-order valence-corrected chi connectivity index (χ2v) is 32.1. The fraction of sp³-hybridized carbons (Fsp3) is 0.306. The molecule has 1 aliphatic heterocycles. The van der Waals surface area contributed by atoms with E-state index in [-0.39, 0.29) is 70.7 Å². The topological polar surface area (TPSA) is 328 Å². The number of benzene rings is 9. The van der Waals surface area contributed by atoms with Gasteiger partial charge in [-0.1, -0.05) is 46.8 Å². The van der Waals surface area contributed by atoms with Gasteiger partial charge in [0.15, 0.2) is 57.6 Å². The van der Waals surface area contributed by atoms with Gasteiger partial charge in [-0.15, -0.1) is 0 Å². The molecule has 3 saturated carbocycles. The number of methoxy groups -OCH3 is 4. The number of halogens is 5. The van der Waals surface area contributed by atoms with Crippen LogP contribution in [0.1, 0.15) is 65.9 Å². The van der Waals surface area contributed by atoms with Crippen LogP contribution < -0.4 is 79.8 Å². The fourth-order valence-corrected chi connectivity index (χ4v) is 15.7. The number of piperazine rings is 1. The first kappa shape index (κ1) is 92.9. The van der Waals surface area contributed by atoms with E-state index in [1.165, 1.54) is 98.4 Å².